The molecular formula is C16H24N2O. The molecule has 0 bridgehead atoms. The second-order valence-electron chi connectivity index (χ2n) is 6.48. The van der Waals surface area contributed by atoms with Gasteiger partial charge in [0, 0.05) is 13.1 Å². The van der Waals surface area contributed by atoms with Crippen LogP contribution in [0.25, 0.3) is 0 Å². The summed E-state index contributed by atoms with van der Waals surface area (Å²) in [6.07, 6.45) is 2.06. The van der Waals surface area contributed by atoms with Gasteiger partial charge in [-0.1, -0.05) is 45.0 Å². The van der Waals surface area contributed by atoms with Crippen molar-refractivity contribution in [1.82, 2.24) is 4.90 Å². The predicted molar refractivity (Wildman–Crippen MR) is 77.6 cm³/mol. The number of rotatable bonds is 1. The predicted octanol–water partition coefficient (Wildman–Crippen LogP) is 2.33. The molecule has 0 fully saturated rings. The molecule has 1 atom stereocenters. The molecule has 2 rings (SSSR count). The van der Waals surface area contributed by atoms with Crippen LogP contribution in [0, 0.1) is 5.41 Å². The van der Waals surface area contributed by atoms with E-state index in [-0.39, 0.29) is 11.3 Å². The van der Waals surface area contributed by atoms with Crippen LogP contribution in [0.15, 0.2) is 24.3 Å². The van der Waals surface area contributed by atoms with Crippen molar-refractivity contribution in [2.75, 3.05) is 6.54 Å². The van der Waals surface area contributed by atoms with Crippen LogP contribution in [0.5, 0.6) is 0 Å². The van der Waals surface area contributed by atoms with Crippen molar-refractivity contribution in [3.05, 3.63) is 35.4 Å². The third kappa shape index (κ3) is 3.16. The molecule has 19 heavy (non-hydrogen) atoms. The van der Waals surface area contributed by atoms with Gasteiger partial charge < -0.3 is 10.6 Å². The van der Waals surface area contributed by atoms with Gasteiger partial charge in [-0.2, -0.15) is 0 Å². The van der Waals surface area contributed by atoms with Crippen LogP contribution in [0.1, 0.15) is 38.3 Å². The molecule has 1 aliphatic heterocycles. The van der Waals surface area contributed by atoms with E-state index >= 15 is 0 Å². The Morgan fingerprint density at radius 3 is 2.53 bits per heavy atom. The van der Waals surface area contributed by atoms with Crippen LogP contribution in [0.2, 0.25) is 0 Å². The van der Waals surface area contributed by atoms with E-state index in [0.29, 0.717) is 6.54 Å². The van der Waals surface area contributed by atoms with E-state index in [0.717, 1.165) is 19.4 Å². The van der Waals surface area contributed by atoms with Crippen LogP contribution in [0.4, 0.5) is 0 Å². The highest BCUT2D eigenvalue weighted by Crippen LogP contribution is 2.23. The lowest BCUT2D eigenvalue weighted by Gasteiger charge is -2.31. The van der Waals surface area contributed by atoms with E-state index in [9.17, 15) is 4.79 Å². The zero-order valence-electron chi connectivity index (χ0n) is 12.1. The number of amides is 1. The van der Waals surface area contributed by atoms with E-state index in [1.54, 1.807) is 0 Å². The molecule has 0 aliphatic carbocycles. The maximum atomic E-state index is 12.5. The number of benzene rings is 1. The van der Waals surface area contributed by atoms with Gasteiger partial charge in [0.25, 0.3) is 0 Å². The highest BCUT2D eigenvalue weighted by atomic mass is 16.2. The molecule has 1 heterocycles. The SMILES string of the molecule is CC(C)(C)C(N)C(=O)N1CCCc2ccccc2C1. The molecule has 0 aromatic heterocycles. The third-order valence-corrected chi connectivity index (χ3v) is 3.86. The first-order chi connectivity index (χ1) is 8.89. The molecule has 0 saturated carbocycles. The molecule has 1 aromatic carbocycles. The second-order valence-corrected chi connectivity index (χ2v) is 6.48. The van der Waals surface area contributed by atoms with Crippen LogP contribution in [0.3, 0.4) is 0 Å². The first-order valence-corrected chi connectivity index (χ1v) is 7.01. The number of aryl methyl sites for hydroxylation is 1. The van der Waals surface area contributed by atoms with Gasteiger partial charge in [-0.15, -0.1) is 0 Å². The maximum absolute atomic E-state index is 12.5. The number of hydrogen-bond acceptors (Lipinski definition) is 2. The lowest BCUT2D eigenvalue weighted by molar-refractivity contribution is -0.135. The molecule has 3 heteroatoms. The fourth-order valence-corrected chi connectivity index (χ4v) is 2.46. The summed E-state index contributed by atoms with van der Waals surface area (Å²) in [7, 11) is 0. The van der Waals surface area contributed by atoms with Crippen LogP contribution >= 0.6 is 0 Å². The zero-order chi connectivity index (χ0) is 14.0. The zero-order valence-corrected chi connectivity index (χ0v) is 12.1. The largest absolute Gasteiger partial charge is 0.337 e. The van der Waals surface area contributed by atoms with Gasteiger partial charge in [-0.05, 0) is 29.4 Å². The number of carbonyl (C=O) groups excluding carboxylic acids is 1. The van der Waals surface area contributed by atoms with Crippen molar-refractivity contribution in [1.29, 1.82) is 0 Å². The third-order valence-electron chi connectivity index (χ3n) is 3.86. The van der Waals surface area contributed by atoms with Crippen molar-refractivity contribution in [3.8, 4) is 0 Å². The summed E-state index contributed by atoms with van der Waals surface area (Å²) in [5, 5.41) is 0. The van der Waals surface area contributed by atoms with Gasteiger partial charge in [-0.3, -0.25) is 4.79 Å². The average molecular weight is 260 g/mol. The summed E-state index contributed by atoms with van der Waals surface area (Å²) in [6, 6.07) is 7.95. The molecule has 1 aromatic rings. The Labute approximate surface area is 115 Å². The number of nitrogens with zero attached hydrogens (tertiary/aromatic N) is 1. The summed E-state index contributed by atoms with van der Waals surface area (Å²) >= 11 is 0. The summed E-state index contributed by atoms with van der Waals surface area (Å²) in [5.41, 5.74) is 8.54. The lowest BCUT2D eigenvalue weighted by atomic mass is 9.86. The fourth-order valence-electron chi connectivity index (χ4n) is 2.46. The minimum atomic E-state index is -0.433. The Hall–Kier alpha value is -1.35. The summed E-state index contributed by atoms with van der Waals surface area (Å²) in [6.45, 7) is 7.54. The Bertz CT molecular complexity index is 462. The van der Waals surface area contributed by atoms with E-state index in [2.05, 4.69) is 18.2 Å². The molecular weight excluding hydrogens is 236 g/mol. The average Bonchev–Trinajstić information content (AvgIpc) is 2.57. The van der Waals surface area contributed by atoms with Crippen LogP contribution in [-0.2, 0) is 17.8 Å². The number of carbonyl (C=O) groups is 1. The minimum Gasteiger partial charge on any atom is -0.337 e. The van der Waals surface area contributed by atoms with E-state index in [1.807, 2.05) is 31.7 Å². The van der Waals surface area contributed by atoms with Crippen LogP contribution in [-0.4, -0.2) is 23.4 Å². The van der Waals surface area contributed by atoms with Gasteiger partial charge in [0.15, 0.2) is 0 Å². The van der Waals surface area contributed by atoms with E-state index < -0.39 is 6.04 Å². The molecule has 1 aliphatic rings. The molecule has 104 valence electrons. The summed E-state index contributed by atoms with van der Waals surface area (Å²) in [5.74, 6) is 0.0733. The van der Waals surface area contributed by atoms with E-state index in [4.69, 9.17) is 5.73 Å². The van der Waals surface area contributed by atoms with Crippen molar-refractivity contribution >= 4 is 5.91 Å². The molecule has 1 unspecified atom stereocenters. The first-order valence-electron chi connectivity index (χ1n) is 7.01. The van der Waals surface area contributed by atoms with Gasteiger partial charge in [0.2, 0.25) is 5.91 Å². The summed E-state index contributed by atoms with van der Waals surface area (Å²) in [4.78, 5) is 14.4. The maximum Gasteiger partial charge on any atom is 0.240 e. The smallest absolute Gasteiger partial charge is 0.240 e. The van der Waals surface area contributed by atoms with Crippen molar-refractivity contribution in [3.63, 3.8) is 0 Å². The molecule has 0 spiro atoms. The number of nitrogens with two attached hydrogens (primary N) is 1. The van der Waals surface area contributed by atoms with Gasteiger partial charge in [-0.25, -0.2) is 0 Å². The van der Waals surface area contributed by atoms with Gasteiger partial charge in [0.1, 0.15) is 0 Å². The fraction of sp³-hybridized carbons (Fsp3) is 0.562. The Kier molecular flexibility index (Phi) is 3.95. The van der Waals surface area contributed by atoms with Crippen molar-refractivity contribution < 1.29 is 4.79 Å². The highest BCUT2D eigenvalue weighted by molar-refractivity contribution is 5.82. The summed E-state index contributed by atoms with van der Waals surface area (Å²) < 4.78 is 0. The molecule has 1 amide bonds. The van der Waals surface area contributed by atoms with E-state index in [1.165, 1.54) is 11.1 Å². The molecule has 0 saturated heterocycles. The van der Waals surface area contributed by atoms with Gasteiger partial charge in [0.05, 0.1) is 6.04 Å². The molecule has 0 radical (unpaired) electrons. The normalized spacial score (nSPS) is 17.6. The van der Waals surface area contributed by atoms with Gasteiger partial charge >= 0.3 is 0 Å². The molecule has 2 N–H and O–H groups in total. The highest BCUT2D eigenvalue weighted by Gasteiger charge is 2.31. The van der Waals surface area contributed by atoms with Crippen molar-refractivity contribution in [2.24, 2.45) is 11.1 Å². The van der Waals surface area contributed by atoms with Crippen LogP contribution < -0.4 is 5.73 Å². The molecule has 3 nitrogen and oxygen atoms in total. The minimum absolute atomic E-state index is 0.0733. The number of fused-ring (bicyclic) bond motifs is 1. The second kappa shape index (κ2) is 5.33. The lowest BCUT2D eigenvalue weighted by Crippen LogP contribution is -2.50. The monoisotopic (exact) mass is 260 g/mol. The van der Waals surface area contributed by atoms with Crippen molar-refractivity contribution in [2.45, 2.75) is 46.2 Å². The Balaban J connectivity index is 2.17. The standard InChI is InChI=1S/C16H24N2O/c1-16(2,3)14(17)15(19)18-10-6-9-12-7-4-5-8-13(12)11-18/h4-5,7-8,14H,6,9-11,17H2,1-3H3. The Morgan fingerprint density at radius 1 is 1.26 bits per heavy atom. The topological polar surface area (TPSA) is 46.3 Å². The Morgan fingerprint density at radius 2 is 1.89 bits per heavy atom. The first kappa shape index (κ1) is 14.1. The quantitative estimate of drug-likeness (QED) is 0.842. The number of hydrogen-bond donors (Lipinski definition) is 1.